The van der Waals surface area contributed by atoms with Gasteiger partial charge in [0.15, 0.2) is 0 Å². The molecule has 0 heterocycles. The molecular formula is C32H51NO8S. The van der Waals surface area contributed by atoms with Crippen LogP contribution in [0.1, 0.15) is 73.6 Å². The van der Waals surface area contributed by atoms with Gasteiger partial charge in [-0.3, -0.25) is 9.59 Å². The number of carboxylic acid groups (broad SMARTS) is 2. The van der Waals surface area contributed by atoms with Crippen LogP contribution in [0.4, 0.5) is 0 Å². The molecule has 3 rings (SSSR count). The van der Waals surface area contributed by atoms with E-state index >= 15 is 0 Å². The molecule has 0 aromatic heterocycles. The lowest BCUT2D eigenvalue weighted by atomic mass is 9.44. The summed E-state index contributed by atoms with van der Waals surface area (Å²) < 4.78 is 6.30. The van der Waals surface area contributed by atoms with Gasteiger partial charge in [0.25, 0.3) is 0 Å². The Balaban J connectivity index is 0.000000675. The van der Waals surface area contributed by atoms with E-state index in [-0.39, 0.29) is 29.1 Å². The molecule has 3 saturated carbocycles. The van der Waals surface area contributed by atoms with Crippen LogP contribution in [-0.4, -0.2) is 87.3 Å². The van der Waals surface area contributed by atoms with Gasteiger partial charge in [0.05, 0.1) is 11.9 Å². The quantitative estimate of drug-likeness (QED) is 0.131. The Morgan fingerprint density at radius 1 is 1.10 bits per heavy atom. The summed E-state index contributed by atoms with van der Waals surface area (Å²) in [6.07, 6.45) is 5.76. The number of nitrogens with zero attached hydrogens (tertiary/aromatic N) is 1. The Labute approximate surface area is 255 Å². The lowest BCUT2D eigenvalue weighted by Crippen LogP contribution is -2.63. The van der Waals surface area contributed by atoms with E-state index in [4.69, 9.17) is 14.9 Å². The van der Waals surface area contributed by atoms with Crippen molar-refractivity contribution in [2.45, 2.75) is 85.9 Å². The third-order valence-electron chi connectivity index (χ3n) is 10.6. The van der Waals surface area contributed by atoms with Crippen molar-refractivity contribution in [2.24, 2.45) is 34.0 Å². The van der Waals surface area contributed by atoms with Gasteiger partial charge in [-0.25, -0.2) is 9.59 Å². The molecule has 0 amide bonds. The third kappa shape index (κ3) is 7.66. The number of rotatable bonds is 11. The summed E-state index contributed by atoms with van der Waals surface area (Å²) in [6.45, 7) is 20.0. The SMILES string of the molecule is C=C[C@]1(C)CC(OC(=O)CSCCN(CC)CC)[C@@]2(C)C(C)CC[C@]3(CCC(=O)[C@@H]32)C(C)C1O.O=C(O)C=CC(=O)O. The van der Waals surface area contributed by atoms with Crippen molar-refractivity contribution in [3.63, 3.8) is 0 Å². The summed E-state index contributed by atoms with van der Waals surface area (Å²) in [4.78, 5) is 48.0. The molecule has 0 aromatic rings. The Morgan fingerprint density at radius 2 is 1.69 bits per heavy atom. The first-order valence-electron chi connectivity index (χ1n) is 15.1. The molecule has 0 spiro atoms. The molecule has 2 bridgehead atoms. The van der Waals surface area contributed by atoms with Crippen molar-refractivity contribution in [3.8, 4) is 0 Å². The highest BCUT2D eigenvalue weighted by atomic mass is 32.2. The molecule has 0 aromatic carbocycles. The molecule has 3 N–H and O–H groups in total. The normalized spacial score (nSPS) is 35.9. The third-order valence-corrected chi connectivity index (χ3v) is 11.5. The zero-order chi connectivity index (χ0) is 31.9. The van der Waals surface area contributed by atoms with E-state index in [1.165, 1.54) is 0 Å². The van der Waals surface area contributed by atoms with Gasteiger partial charge >= 0.3 is 17.9 Å². The van der Waals surface area contributed by atoms with E-state index in [2.05, 4.69) is 46.1 Å². The molecule has 4 unspecified atom stereocenters. The molecular weight excluding hydrogens is 558 g/mol. The van der Waals surface area contributed by atoms with Crippen LogP contribution in [0.25, 0.3) is 0 Å². The molecule has 9 nitrogen and oxygen atoms in total. The molecule has 3 fully saturated rings. The molecule has 0 aliphatic heterocycles. The number of thioether (sulfide) groups is 1. The van der Waals surface area contributed by atoms with E-state index in [1.54, 1.807) is 11.8 Å². The van der Waals surface area contributed by atoms with Gasteiger partial charge in [0.2, 0.25) is 0 Å². The lowest BCUT2D eigenvalue weighted by Gasteiger charge is -2.61. The maximum Gasteiger partial charge on any atom is 0.328 e. The van der Waals surface area contributed by atoms with Crippen LogP contribution < -0.4 is 0 Å². The Kier molecular flexibility index (Phi) is 12.9. The van der Waals surface area contributed by atoms with Gasteiger partial charge in [-0.1, -0.05) is 47.6 Å². The van der Waals surface area contributed by atoms with E-state index < -0.39 is 35.0 Å². The van der Waals surface area contributed by atoms with Crippen LogP contribution in [0, 0.1) is 34.0 Å². The standard InChI is InChI=1S/C28H47NO4S.C4H4O4/c1-8-26(6)17-22(33-23(31)18-34-16-15-29(9-2)10-3)27(7)19(4)11-13-28(20(5)25(26)32)14-12-21(30)24(27)28;5-3(6)1-2-4(7)8/h8,19-20,22,24-25,32H,1,9-18H2,2-7H3;1-2H,(H,5,6)(H,7,8)/t19?,20?,22?,24-,25?,26-,27-,28+;/m1./s1. The van der Waals surface area contributed by atoms with E-state index in [9.17, 15) is 24.3 Å². The average Bonchev–Trinajstić information content (AvgIpc) is 3.30. The number of carbonyl (C=O) groups excluding carboxylic acids is 2. The lowest BCUT2D eigenvalue weighted by molar-refractivity contribution is -0.205. The number of esters is 1. The minimum absolute atomic E-state index is 0.00828. The van der Waals surface area contributed by atoms with Gasteiger partial charge in [-0.15, -0.1) is 18.3 Å². The number of aliphatic carboxylic acids is 2. The van der Waals surface area contributed by atoms with Gasteiger partial charge in [-0.2, -0.15) is 0 Å². The highest BCUT2D eigenvalue weighted by Crippen LogP contribution is 2.68. The van der Waals surface area contributed by atoms with Crippen molar-refractivity contribution in [3.05, 3.63) is 24.8 Å². The number of hydrogen-bond donors (Lipinski definition) is 3. The highest BCUT2D eigenvalue weighted by Gasteiger charge is 2.68. The van der Waals surface area contributed by atoms with Gasteiger partial charge in [-0.05, 0) is 56.0 Å². The average molecular weight is 610 g/mol. The molecule has 0 radical (unpaired) electrons. The van der Waals surface area contributed by atoms with Crippen LogP contribution in [0.2, 0.25) is 0 Å². The Bertz CT molecular complexity index is 1010. The van der Waals surface area contributed by atoms with Crippen LogP contribution >= 0.6 is 11.8 Å². The number of ether oxygens (including phenoxy) is 1. The summed E-state index contributed by atoms with van der Waals surface area (Å²) in [5, 5.41) is 27.2. The fourth-order valence-electron chi connectivity index (χ4n) is 7.73. The number of Topliss-reactive ketones (excluding diaryl/α,β-unsaturated/α-hetero) is 1. The van der Waals surface area contributed by atoms with Gasteiger partial charge in [0, 0.05) is 47.6 Å². The summed E-state index contributed by atoms with van der Waals surface area (Å²) in [5.74, 6) is -1.14. The Morgan fingerprint density at radius 3 is 2.21 bits per heavy atom. The number of aliphatic hydroxyl groups excluding tert-OH is 1. The zero-order valence-electron chi connectivity index (χ0n) is 26.1. The number of hydrogen-bond acceptors (Lipinski definition) is 8. The van der Waals surface area contributed by atoms with Crippen LogP contribution in [0.3, 0.4) is 0 Å². The maximum atomic E-state index is 13.4. The second kappa shape index (κ2) is 15.0. The van der Waals surface area contributed by atoms with Crippen molar-refractivity contribution in [1.29, 1.82) is 0 Å². The molecule has 42 heavy (non-hydrogen) atoms. The first-order valence-corrected chi connectivity index (χ1v) is 16.3. The second-order valence-electron chi connectivity index (χ2n) is 12.7. The molecule has 10 heteroatoms. The fraction of sp³-hybridized carbons (Fsp3) is 0.750. The summed E-state index contributed by atoms with van der Waals surface area (Å²) in [7, 11) is 0. The van der Waals surface area contributed by atoms with E-state index in [1.807, 2.05) is 13.0 Å². The topological polar surface area (TPSA) is 141 Å². The molecule has 3 aliphatic carbocycles. The van der Waals surface area contributed by atoms with Crippen molar-refractivity contribution in [2.75, 3.05) is 31.1 Å². The van der Waals surface area contributed by atoms with E-state index in [0.717, 1.165) is 44.6 Å². The molecule has 8 atom stereocenters. The number of carboxylic acids is 2. The molecule has 0 saturated heterocycles. The minimum atomic E-state index is -1.26. The first kappa shape index (κ1) is 36.0. The molecule has 3 aliphatic rings. The van der Waals surface area contributed by atoms with Gasteiger partial charge < -0.3 is 25.0 Å². The minimum Gasteiger partial charge on any atom is -0.478 e. The van der Waals surface area contributed by atoms with Crippen LogP contribution in [0.15, 0.2) is 24.8 Å². The number of aliphatic hydroxyl groups is 1. The van der Waals surface area contributed by atoms with Crippen LogP contribution in [0.5, 0.6) is 0 Å². The monoisotopic (exact) mass is 609 g/mol. The first-order chi connectivity index (χ1) is 19.6. The predicted molar refractivity (Wildman–Crippen MR) is 164 cm³/mol. The Hall–Kier alpha value is -2.17. The van der Waals surface area contributed by atoms with Gasteiger partial charge in [0.1, 0.15) is 11.9 Å². The summed E-state index contributed by atoms with van der Waals surface area (Å²) in [6, 6.07) is 0. The predicted octanol–water partition coefficient (Wildman–Crippen LogP) is 4.68. The van der Waals surface area contributed by atoms with Crippen LogP contribution in [-0.2, 0) is 23.9 Å². The number of ketones is 1. The maximum absolute atomic E-state index is 13.4. The second-order valence-corrected chi connectivity index (χ2v) is 13.8. The van der Waals surface area contributed by atoms with Crippen molar-refractivity contribution in [1.82, 2.24) is 4.90 Å². The largest absolute Gasteiger partial charge is 0.478 e. The van der Waals surface area contributed by atoms with Crippen molar-refractivity contribution < 1.29 is 39.2 Å². The fourth-order valence-corrected chi connectivity index (χ4v) is 8.49. The van der Waals surface area contributed by atoms with Crippen molar-refractivity contribution >= 4 is 35.5 Å². The van der Waals surface area contributed by atoms with E-state index in [0.29, 0.717) is 36.5 Å². The summed E-state index contributed by atoms with van der Waals surface area (Å²) >= 11 is 1.61. The zero-order valence-corrected chi connectivity index (χ0v) is 27.0. The highest BCUT2D eigenvalue weighted by molar-refractivity contribution is 7.99. The molecule has 238 valence electrons. The smallest absolute Gasteiger partial charge is 0.328 e. The number of carbonyl (C=O) groups is 4. The summed E-state index contributed by atoms with van der Waals surface area (Å²) in [5.41, 5.74) is -1.25.